The number of nitrogens with zero attached hydrogens (tertiary/aromatic N) is 3. The highest BCUT2D eigenvalue weighted by Gasteiger charge is 2.12. The topological polar surface area (TPSA) is 30.3 Å². The summed E-state index contributed by atoms with van der Waals surface area (Å²) in [5.41, 5.74) is 6.57. The van der Waals surface area contributed by atoms with Crippen molar-refractivity contribution in [1.82, 2.24) is 4.90 Å². The van der Waals surface area contributed by atoms with Gasteiger partial charge in [0.2, 0.25) is 0 Å². The third kappa shape index (κ3) is 4.54. The fourth-order valence-electron chi connectivity index (χ4n) is 3.21. The van der Waals surface area contributed by atoms with Crippen molar-refractivity contribution in [3.63, 3.8) is 0 Å². The minimum atomic E-state index is 0.638. The molecule has 1 aromatic rings. The molecule has 0 aliphatic heterocycles. The summed E-state index contributed by atoms with van der Waals surface area (Å²) in [7, 11) is 3.83. The predicted octanol–water partition coefficient (Wildman–Crippen LogP) is 4.78. The Morgan fingerprint density at radius 2 is 1.96 bits per heavy atom. The number of likely N-dealkylation sites (N-methyl/N-ethyl adjacent to an activating group) is 1. The van der Waals surface area contributed by atoms with Gasteiger partial charge in [0.05, 0.1) is 5.57 Å². The molecule has 132 valence electrons. The quantitative estimate of drug-likeness (QED) is 0.554. The lowest BCUT2D eigenvalue weighted by Crippen LogP contribution is -2.21. The molecule has 0 heterocycles. The molecule has 0 aromatic heterocycles. The van der Waals surface area contributed by atoms with E-state index < -0.39 is 0 Å². The zero-order valence-corrected chi connectivity index (χ0v) is 16.0. The summed E-state index contributed by atoms with van der Waals surface area (Å²) in [4.78, 5) is 4.27. The lowest BCUT2D eigenvalue weighted by atomic mass is 10.0. The highest BCUT2D eigenvalue weighted by molar-refractivity contribution is 5.65. The molecule has 0 atom stereocenters. The summed E-state index contributed by atoms with van der Waals surface area (Å²) in [6, 6.07) is 9.04. The van der Waals surface area contributed by atoms with Crippen LogP contribution in [0.1, 0.15) is 37.8 Å². The van der Waals surface area contributed by atoms with Crippen LogP contribution in [0.5, 0.6) is 0 Å². The molecular weight excluding hydrogens is 306 g/mol. The molecule has 0 fully saturated rings. The third-order valence-corrected chi connectivity index (χ3v) is 4.81. The molecule has 25 heavy (non-hydrogen) atoms. The van der Waals surface area contributed by atoms with Crippen molar-refractivity contribution in [2.45, 2.75) is 33.1 Å². The first kappa shape index (κ1) is 18.9. The Balaban J connectivity index is 2.36. The summed E-state index contributed by atoms with van der Waals surface area (Å²) >= 11 is 0. The van der Waals surface area contributed by atoms with Crippen molar-refractivity contribution < 1.29 is 0 Å². The van der Waals surface area contributed by atoms with Crippen LogP contribution in [-0.2, 0) is 6.42 Å². The van der Waals surface area contributed by atoms with Crippen LogP contribution in [-0.4, -0.2) is 32.1 Å². The van der Waals surface area contributed by atoms with Gasteiger partial charge in [-0.3, -0.25) is 0 Å². The standard InChI is InChI=1S/C22H29N3/c1-6-25(7-2)22-12-11-20-13-18(9-8-10-19(20)15-22)14-21(16-23)17(3)24(4)5/h11-15H,3,6-10H2,1-2,4-5H3/b21-14+. The van der Waals surface area contributed by atoms with Crippen molar-refractivity contribution in [3.8, 4) is 6.07 Å². The Hall–Kier alpha value is -2.47. The second kappa shape index (κ2) is 8.58. The first-order valence-electron chi connectivity index (χ1n) is 9.07. The Morgan fingerprint density at radius 3 is 2.56 bits per heavy atom. The molecule has 0 saturated heterocycles. The smallest absolute Gasteiger partial charge is 0.101 e. The number of nitriles is 1. The number of benzene rings is 1. The molecule has 0 radical (unpaired) electrons. The van der Waals surface area contributed by atoms with Crippen molar-refractivity contribution >= 4 is 11.8 Å². The number of rotatable bonds is 6. The van der Waals surface area contributed by atoms with Crippen LogP contribution in [0.4, 0.5) is 5.69 Å². The van der Waals surface area contributed by atoms with Gasteiger partial charge < -0.3 is 9.80 Å². The number of hydrogen-bond donors (Lipinski definition) is 0. The highest BCUT2D eigenvalue weighted by atomic mass is 15.1. The molecule has 0 spiro atoms. The second-order valence-corrected chi connectivity index (χ2v) is 6.64. The van der Waals surface area contributed by atoms with Gasteiger partial charge in [-0.15, -0.1) is 0 Å². The predicted molar refractivity (Wildman–Crippen MR) is 107 cm³/mol. The maximum atomic E-state index is 9.45. The molecule has 1 aliphatic carbocycles. The molecular formula is C22H29N3. The molecule has 0 N–H and O–H groups in total. The molecule has 1 aromatic carbocycles. The Bertz CT molecular complexity index is 728. The van der Waals surface area contributed by atoms with Crippen LogP contribution in [0.2, 0.25) is 0 Å². The van der Waals surface area contributed by atoms with E-state index in [4.69, 9.17) is 0 Å². The second-order valence-electron chi connectivity index (χ2n) is 6.64. The lowest BCUT2D eigenvalue weighted by Gasteiger charge is -2.22. The van der Waals surface area contributed by atoms with Crippen LogP contribution < -0.4 is 4.90 Å². The number of aryl methyl sites for hydroxylation is 1. The van der Waals surface area contributed by atoms with Crippen LogP contribution in [0.25, 0.3) is 6.08 Å². The van der Waals surface area contributed by atoms with Gasteiger partial charge >= 0.3 is 0 Å². The summed E-state index contributed by atoms with van der Waals surface area (Å²) in [6.45, 7) is 10.4. The van der Waals surface area contributed by atoms with Gasteiger partial charge in [-0.1, -0.05) is 18.7 Å². The van der Waals surface area contributed by atoms with Crippen molar-refractivity contribution in [1.29, 1.82) is 5.26 Å². The maximum Gasteiger partial charge on any atom is 0.101 e. The summed E-state index contributed by atoms with van der Waals surface area (Å²) in [5, 5.41) is 9.45. The summed E-state index contributed by atoms with van der Waals surface area (Å²) < 4.78 is 0. The van der Waals surface area contributed by atoms with Crippen LogP contribution in [0, 0.1) is 11.3 Å². The fourth-order valence-corrected chi connectivity index (χ4v) is 3.21. The van der Waals surface area contributed by atoms with Crippen LogP contribution in [0.3, 0.4) is 0 Å². The average molecular weight is 335 g/mol. The van der Waals surface area contributed by atoms with Gasteiger partial charge in [0.1, 0.15) is 6.07 Å². The normalized spacial score (nSPS) is 14.0. The van der Waals surface area contributed by atoms with E-state index >= 15 is 0 Å². The number of anilines is 1. The van der Waals surface area contributed by atoms with E-state index in [0.29, 0.717) is 5.57 Å². The number of hydrogen-bond acceptors (Lipinski definition) is 3. The molecule has 0 unspecified atom stereocenters. The van der Waals surface area contributed by atoms with E-state index in [1.165, 1.54) is 22.4 Å². The van der Waals surface area contributed by atoms with Gasteiger partial charge in [-0.05, 0) is 68.0 Å². The zero-order valence-electron chi connectivity index (χ0n) is 16.0. The minimum absolute atomic E-state index is 0.638. The van der Waals surface area contributed by atoms with Crippen molar-refractivity contribution in [2.24, 2.45) is 0 Å². The summed E-state index contributed by atoms with van der Waals surface area (Å²) in [6.07, 6.45) is 7.39. The van der Waals surface area contributed by atoms with E-state index in [1.54, 1.807) is 0 Å². The molecule has 3 heteroatoms. The van der Waals surface area contributed by atoms with E-state index in [9.17, 15) is 5.26 Å². The summed E-state index contributed by atoms with van der Waals surface area (Å²) in [5.74, 6) is 0. The van der Waals surface area contributed by atoms with Gasteiger partial charge in [0.15, 0.2) is 0 Å². The molecule has 1 aliphatic rings. The number of fused-ring (bicyclic) bond motifs is 1. The molecule has 3 nitrogen and oxygen atoms in total. The number of allylic oxidation sites excluding steroid dienone is 3. The van der Waals surface area contributed by atoms with Gasteiger partial charge in [-0.2, -0.15) is 5.26 Å². The molecule has 0 amide bonds. The average Bonchev–Trinajstić information content (AvgIpc) is 2.81. The monoisotopic (exact) mass is 335 g/mol. The third-order valence-electron chi connectivity index (χ3n) is 4.81. The molecule has 0 bridgehead atoms. The van der Waals surface area contributed by atoms with Gasteiger partial charge in [0.25, 0.3) is 0 Å². The van der Waals surface area contributed by atoms with Gasteiger partial charge in [0, 0.05) is 38.6 Å². The fraction of sp³-hybridized carbons (Fsp3) is 0.409. The molecule has 0 saturated carbocycles. The zero-order chi connectivity index (χ0) is 18.4. The van der Waals surface area contributed by atoms with Gasteiger partial charge in [-0.25, -0.2) is 0 Å². The maximum absolute atomic E-state index is 9.45. The SMILES string of the molecule is C=C(/C(C#N)=C/C1=Cc2ccc(N(CC)CC)cc2CCC1)N(C)C. The minimum Gasteiger partial charge on any atom is -0.377 e. The van der Waals surface area contributed by atoms with Crippen molar-refractivity contribution in [3.05, 3.63) is 58.8 Å². The van der Waals surface area contributed by atoms with E-state index in [0.717, 1.165) is 38.0 Å². The van der Waals surface area contributed by atoms with Crippen LogP contribution >= 0.6 is 0 Å². The highest BCUT2D eigenvalue weighted by Crippen LogP contribution is 2.28. The Morgan fingerprint density at radius 1 is 1.24 bits per heavy atom. The lowest BCUT2D eigenvalue weighted by molar-refractivity contribution is 0.527. The van der Waals surface area contributed by atoms with Crippen LogP contribution in [0.15, 0.2) is 47.7 Å². The first-order valence-corrected chi connectivity index (χ1v) is 9.07. The Labute approximate surface area is 152 Å². The Kier molecular flexibility index (Phi) is 6.47. The molecule has 2 rings (SSSR count). The van der Waals surface area contributed by atoms with E-state index in [1.807, 2.05) is 25.1 Å². The first-order chi connectivity index (χ1) is 12.0. The largest absolute Gasteiger partial charge is 0.377 e. The van der Waals surface area contributed by atoms with E-state index in [-0.39, 0.29) is 0 Å². The van der Waals surface area contributed by atoms with E-state index in [2.05, 4.69) is 55.7 Å². The van der Waals surface area contributed by atoms with Crippen molar-refractivity contribution in [2.75, 3.05) is 32.1 Å².